The van der Waals surface area contributed by atoms with E-state index < -0.39 is 0 Å². The number of aromatic nitrogens is 2. The Morgan fingerprint density at radius 2 is 1.91 bits per heavy atom. The molecule has 3 heterocycles. The summed E-state index contributed by atoms with van der Waals surface area (Å²) in [6.45, 7) is 6.85. The van der Waals surface area contributed by atoms with Crippen molar-refractivity contribution in [1.29, 1.82) is 0 Å². The van der Waals surface area contributed by atoms with Gasteiger partial charge in [-0.25, -0.2) is 4.98 Å². The van der Waals surface area contributed by atoms with Crippen LogP contribution < -0.4 is 9.64 Å². The molecular weight excluding hydrogens is 312 g/mol. The summed E-state index contributed by atoms with van der Waals surface area (Å²) >= 11 is 1.55. The average molecular weight is 332 g/mol. The second kappa shape index (κ2) is 6.54. The molecule has 0 atom stereocenters. The highest BCUT2D eigenvalue weighted by Gasteiger charge is 2.24. The first kappa shape index (κ1) is 15.7. The molecule has 0 saturated carbocycles. The first-order chi connectivity index (χ1) is 11.1. The number of piperazine rings is 1. The highest BCUT2D eigenvalue weighted by atomic mass is 32.1. The number of methoxy groups -OCH3 is 1. The molecule has 0 aliphatic carbocycles. The molecule has 0 aromatic carbocycles. The molecule has 0 N–H and O–H groups in total. The number of hydrogen-bond donors (Lipinski definition) is 0. The normalized spacial score (nSPS) is 14.9. The minimum Gasteiger partial charge on any atom is -0.467 e. The fourth-order valence-electron chi connectivity index (χ4n) is 2.62. The second-order valence-corrected chi connectivity index (χ2v) is 6.83. The number of carbonyl (C=O) groups is 1. The van der Waals surface area contributed by atoms with Gasteiger partial charge in [0.1, 0.15) is 5.82 Å². The van der Waals surface area contributed by atoms with E-state index in [0.29, 0.717) is 19.1 Å². The maximum absolute atomic E-state index is 12.5. The summed E-state index contributed by atoms with van der Waals surface area (Å²) in [5.41, 5.74) is 0.874. The number of amides is 1. The molecule has 23 heavy (non-hydrogen) atoms. The van der Waals surface area contributed by atoms with Crippen LogP contribution in [0, 0.1) is 13.8 Å². The van der Waals surface area contributed by atoms with Crippen LogP contribution in [0.25, 0.3) is 0 Å². The summed E-state index contributed by atoms with van der Waals surface area (Å²) in [6.07, 6.45) is 0. The molecule has 0 unspecified atom stereocenters. The first-order valence-corrected chi connectivity index (χ1v) is 8.39. The van der Waals surface area contributed by atoms with Gasteiger partial charge in [0, 0.05) is 42.8 Å². The van der Waals surface area contributed by atoms with Gasteiger partial charge in [0.2, 0.25) is 0 Å². The number of ether oxygens (including phenoxy) is 1. The van der Waals surface area contributed by atoms with Crippen LogP contribution in [0.4, 0.5) is 5.82 Å². The van der Waals surface area contributed by atoms with Gasteiger partial charge in [-0.3, -0.25) is 4.79 Å². The standard InChI is InChI=1S/C16H20N4O2S/c1-11-10-14(18-16(17-11)22-3)19-6-8-20(9-7-19)15(21)13-5-4-12(2)23-13/h4-5,10H,6-9H2,1-3H3. The Morgan fingerprint density at radius 3 is 2.52 bits per heavy atom. The molecule has 122 valence electrons. The predicted molar refractivity (Wildman–Crippen MR) is 90.5 cm³/mol. The van der Waals surface area contributed by atoms with Crippen molar-refractivity contribution in [3.05, 3.63) is 33.6 Å². The number of rotatable bonds is 3. The summed E-state index contributed by atoms with van der Waals surface area (Å²) in [5.74, 6) is 0.979. The van der Waals surface area contributed by atoms with Crippen molar-refractivity contribution in [2.45, 2.75) is 13.8 Å². The zero-order valence-corrected chi connectivity index (χ0v) is 14.4. The third kappa shape index (κ3) is 3.44. The molecule has 0 spiro atoms. The molecule has 1 amide bonds. The van der Waals surface area contributed by atoms with E-state index in [1.165, 1.54) is 0 Å². The van der Waals surface area contributed by atoms with Crippen LogP contribution in [0.15, 0.2) is 18.2 Å². The molecule has 2 aromatic heterocycles. The van der Waals surface area contributed by atoms with Crippen LogP contribution in [0.3, 0.4) is 0 Å². The van der Waals surface area contributed by atoms with E-state index in [4.69, 9.17) is 4.74 Å². The minimum atomic E-state index is 0.124. The lowest BCUT2D eigenvalue weighted by atomic mass is 10.2. The van der Waals surface area contributed by atoms with Gasteiger partial charge in [-0.15, -0.1) is 11.3 Å². The van der Waals surface area contributed by atoms with E-state index in [-0.39, 0.29) is 5.91 Å². The van der Waals surface area contributed by atoms with Crippen LogP contribution >= 0.6 is 11.3 Å². The predicted octanol–water partition coefficient (Wildman–Crippen LogP) is 2.13. The Morgan fingerprint density at radius 1 is 1.17 bits per heavy atom. The molecule has 1 fully saturated rings. The fourth-order valence-corrected chi connectivity index (χ4v) is 3.46. The molecule has 1 aliphatic rings. The maximum atomic E-state index is 12.5. The minimum absolute atomic E-state index is 0.124. The SMILES string of the molecule is COc1nc(C)cc(N2CCN(C(=O)c3ccc(C)s3)CC2)n1. The second-order valence-electron chi connectivity index (χ2n) is 5.54. The number of hydrogen-bond acceptors (Lipinski definition) is 6. The van der Waals surface area contributed by atoms with Crippen LogP contribution in [0.2, 0.25) is 0 Å². The lowest BCUT2D eigenvalue weighted by Crippen LogP contribution is -2.49. The van der Waals surface area contributed by atoms with Gasteiger partial charge in [0.05, 0.1) is 12.0 Å². The van der Waals surface area contributed by atoms with E-state index in [9.17, 15) is 4.79 Å². The number of aryl methyl sites for hydroxylation is 2. The van der Waals surface area contributed by atoms with Crippen molar-refractivity contribution in [3.8, 4) is 6.01 Å². The molecule has 7 heteroatoms. The van der Waals surface area contributed by atoms with Gasteiger partial charge in [-0.1, -0.05) is 0 Å². The van der Waals surface area contributed by atoms with Crippen molar-refractivity contribution in [1.82, 2.24) is 14.9 Å². The molecule has 1 saturated heterocycles. The largest absolute Gasteiger partial charge is 0.467 e. The first-order valence-electron chi connectivity index (χ1n) is 7.57. The Bertz CT molecular complexity index is 708. The van der Waals surface area contributed by atoms with Gasteiger partial charge in [0.25, 0.3) is 5.91 Å². The van der Waals surface area contributed by atoms with Gasteiger partial charge >= 0.3 is 6.01 Å². The average Bonchev–Trinajstić information content (AvgIpc) is 3.00. The number of carbonyl (C=O) groups excluding carboxylic acids is 1. The summed E-state index contributed by atoms with van der Waals surface area (Å²) in [4.78, 5) is 27.1. The summed E-state index contributed by atoms with van der Waals surface area (Å²) < 4.78 is 5.13. The van der Waals surface area contributed by atoms with Crippen molar-refractivity contribution >= 4 is 23.1 Å². The van der Waals surface area contributed by atoms with E-state index in [0.717, 1.165) is 34.4 Å². The van der Waals surface area contributed by atoms with Crippen molar-refractivity contribution in [3.63, 3.8) is 0 Å². The summed E-state index contributed by atoms with van der Waals surface area (Å²) in [7, 11) is 1.57. The number of thiophene rings is 1. The summed E-state index contributed by atoms with van der Waals surface area (Å²) in [6, 6.07) is 6.23. The molecule has 6 nitrogen and oxygen atoms in total. The molecule has 1 aliphatic heterocycles. The van der Waals surface area contributed by atoms with E-state index in [1.807, 2.05) is 36.9 Å². The Labute approximate surface area is 139 Å². The summed E-state index contributed by atoms with van der Waals surface area (Å²) in [5, 5.41) is 0. The Hall–Kier alpha value is -2.15. The quantitative estimate of drug-likeness (QED) is 0.862. The topological polar surface area (TPSA) is 58.6 Å². The lowest BCUT2D eigenvalue weighted by molar-refractivity contribution is 0.0751. The van der Waals surface area contributed by atoms with E-state index in [1.54, 1.807) is 18.4 Å². The van der Waals surface area contributed by atoms with Crippen LogP contribution in [-0.2, 0) is 0 Å². The van der Waals surface area contributed by atoms with Crippen LogP contribution in [0.1, 0.15) is 20.2 Å². The number of anilines is 1. The van der Waals surface area contributed by atoms with Crippen LogP contribution in [0.5, 0.6) is 6.01 Å². The van der Waals surface area contributed by atoms with Crippen molar-refractivity contribution < 1.29 is 9.53 Å². The van der Waals surface area contributed by atoms with E-state index in [2.05, 4.69) is 14.9 Å². The zero-order valence-electron chi connectivity index (χ0n) is 13.6. The smallest absolute Gasteiger partial charge is 0.318 e. The van der Waals surface area contributed by atoms with Crippen molar-refractivity contribution in [2.75, 3.05) is 38.2 Å². The van der Waals surface area contributed by atoms with Crippen molar-refractivity contribution in [2.24, 2.45) is 0 Å². The molecular formula is C16H20N4O2S. The fraction of sp³-hybridized carbons (Fsp3) is 0.438. The van der Waals surface area contributed by atoms with Gasteiger partial charge in [-0.2, -0.15) is 4.98 Å². The highest BCUT2D eigenvalue weighted by molar-refractivity contribution is 7.13. The third-order valence-corrected chi connectivity index (χ3v) is 4.83. The molecule has 3 rings (SSSR count). The molecule has 0 radical (unpaired) electrons. The zero-order chi connectivity index (χ0) is 16.4. The van der Waals surface area contributed by atoms with Gasteiger partial charge < -0.3 is 14.5 Å². The molecule has 2 aromatic rings. The van der Waals surface area contributed by atoms with Crippen LogP contribution in [-0.4, -0.2) is 54.1 Å². The van der Waals surface area contributed by atoms with E-state index >= 15 is 0 Å². The maximum Gasteiger partial charge on any atom is 0.318 e. The van der Waals surface area contributed by atoms with Gasteiger partial charge in [-0.05, 0) is 26.0 Å². The monoisotopic (exact) mass is 332 g/mol. The Kier molecular flexibility index (Phi) is 4.47. The molecule has 0 bridgehead atoms. The Balaban J connectivity index is 1.66. The lowest BCUT2D eigenvalue weighted by Gasteiger charge is -2.35. The van der Waals surface area contributed by atoms with Gasteiger partial charge in [0.15, 0.2) is 0 Å². The highest BCUT2D eigenvalue weighted by Crippen LogP contribution is 2.21. The third-order valence-electron chi connectivity index (χ3n) is 3.84. The number of nitrogens with zero attached hydrogens (tertiary/aromatic N) is 4.